The molecule has 0 radical (unpaired) electrons. The van der Waals surface area contributed by atoms with Crippen LogP contribution in [0.1, 0.15) is 27.6 Å². The van der Waals surface area contributed by atoms with Crippen molar-refractivity contribution in [2.24, 2.45) is 0 Å². The quantitative estimate of drug-likeness (QED) is 0.571. The number of ketones is 1. The molecule has 0 saturated carbocycles. The van der Waals surface area contributed by atoms with Crippen LogP contribution in [0.4, 0.5) is 0 Å². The number of nitrogens with one attached hydrogen (secondary N) is 1. The number of carbonyl (C=O) groups excluding carboxylic acids is 1. The summed E-state index contributed by atoms with van der Waals surface area (Å²) in [5, 5.41) is 3.17. The molecule has 0 aliphatic carbocycles. The van der Waals surface area contributed by atoms with Gasteiger partial charge in [0, 0.05) is 1.43 Å². The van der Waals surface area contributed by atoms with E-state index in [9.17, 15) is 4.79 Å². The summed E-state index contributed by atoms with van der Waals surface area (Å²) >= 11 is 0. The molecule has 54 valence electrons. The summed E-state index contributed by atoms with van der Waals surface area (Å²) in [5.41, 5.74) is 0. The van der Waals surface area contributed by atoms with E-state index in [-0.39, 0.29) is 13.3 Å². The zero-order valence-electron chi connectivity index (χ0n) is 5.81. The topological polar surface area (TPSA) is 29.1 Å². The molecule has 0 aromatic rings. The molecular weight excluding hydrogens is 114 g/mol. The molecular formula is C7H15NO. The maximum Gasteiger partial charge on any atom is 0.146 e. The van der Waals surface area contributed by atoms with Crippen molar-refractivity contribution in [2.75, 3.05) is 6.54 Å². The van der Waals surface area contributed by atoms with Gasteiger partial charge >= 0.3 is 0 Å². The van der Waals surface area contributed by atoms with Crippen molar-refractivity contribution in [1.29, 1.82) is 0 Å². The molecule has 0 aromatic heterocycles. The Bertz CT molecular complexity index is 110. The average Bonchev–Trinajstić information content (AvgIpc) is 1.90. The lowest BCUT2D eigenvalue weighted by Gasteiger charge is -2.20. The second kappa shape index (κ2) is 2.97. The highest BCUT2D eigenvalue weighted by atomic mass is 16.1. The maximum atomic E-state index is 10.7. The largest absolute Gasteiger partial charge is 0.307 e. The van der Waals surface area contributed by atoms with Crippen molar-refractivity contribution < 1.29 is 6.22 Å². The zero-order valence-corrected chi connectivity index (χ0v) is 5.81. The fourth-order valence-electron chi connectivity index (χ4n) is 1.20. The van der Waals surface area contributed by atoms with Crippen molar-refractivity contribution in [3.05, 3.63) is 0 Å². The van der Waals surface area contributed by atoms with Crippen LogP contribution in [0.2, 0.25) is 0 Å². The molecule has 1 N–H and O–H groups in total. The van der Waals surface area contributed by atoms with Crippen molar-refractivity contribution >= 4 is 5.78 Å². The first-order valence-electron chi connectivity index (χ1n) is 3.54. The molecule has 0 amide bonds. The molecule has 1 rings (SSSR count). The summed E-state index contributed by atoms with van der Waals surface area (Å²) in [6.07, 6.45) is 3.47. The van der Waals surface area contributed by atoms with E-state index in [1.807, 2.05) is 0 Å². The predicted molar refractivity (Wildman–Crippen MR) is 38.4 cm³/mol. The Morgan fingerprint density at radius 2 is 2.44 bits per heavy atom. The Labute approximate surface area is 57.1 Å². The van der Waals surface area contributed by atoms with E-state index >= 15 is 0 Å². The molecule has 1 saturated heterocycles. The predicted octanol–water partition coefficient (Wildman–Crippen LogP) is 0.964. The lowest BCUT2D eigenvalue weighted by atomic mass is 10.0. The van der Waals surface area contributed by atoms with Gasteiger partial charge in [-0.25, -0.2) is 0 Å². The van der Waals surface area contributed by atoms with Gasteiger partial charge in [0.05, 0.1) is 6.04 Å². The van der Waals surface area contributed by atoms with Crippen LogP contribution >= 0.6 is 0 Å². The third-order valence-corrected chi connectivity index (χ3v) is 1.80. The SMILES string of the molecule is CC(=O)C1CCCCN1.[HH]. The summed E-state index contributed by atoms with van der Waals surface area (Å²) in [4.78, 5) is 10.7. The molecule has 0 bridgehead atoms. The van der Waals surface area contributed by atoms with E-state index in [0.29, 0.717) is 0 Å². The third kappa shape index (κ3) is 1.79. The molecule has 2 heteroatoms. The van der Waals surface area contributed by atoms with Gasteiger partial charge in [-0.15, -0.1) is 0 Å². The molecule has 1 aliphatic rings. The summed E-state index contributed by atoms with van der Waals surface area (Å²) in [6.45, 7) is 2.67. The van der Waals surface area contributed by atoms with Crippen LogP contribution < -0.4 is 5.32 Å². The maximum absolute atomic E-state index is 10.7. The summed E-state index contributed by atoms with van der Waals surface area (Å²) < 4.78 is 0. The molecule has 9 heavy (non-hydrogen) atoms. The molecule has 1 atom stereocenters. The second-order valence-corrected chi connectivity index (χ2v) is 2.61. The van der Waals surface area contributed by atoms with E-state index in [0.717, 1.165) is 13.0 Å². The lowest BCUT2D eigenvalue weighted by Crippen LogP contribution is -2.38. The average molecular weight is 129 g/mol. The van der Waals surface area contributed by atoms with Gasteiger partial charge < -0.3 is 5.32 Å². The van der Waals surface area contributed by atoms with Crippen LogP contribution in [0.25, 0.3) is 0 Å². The van der Waals surface area contributed by atoms with Gasteiger partial charge in [-0.05, 0) is 26.3 Å². The first-order valence-corrected chi connectivity index (χ1v) is 3.54. The number of hydrogen-bond acceptors (Lipinski definition) is 2. The number of carbonyl (C=O) groups is 1. The van der Waals surface area contributed by atoms with E-state index in [2.05, 4.69) is 5.32 Å². The van der Waals surface area contributed by atoms with Gasteiger partial charge in [-0.2, -0.15) is 0 Å². The van der Waals surface area contributed by atoms with Crippen molar-refractivity contribution in [3.63, 3.8) is 0 Å². The van der Waals surface area contributed by atoms with Crippen LogP contribution in [0.3, 0.4) is 0 Å². The van der Waals surface area contributed by atoms with E-state index < -0.39 is 0 Å². The number of rotatable bonds is 1. The van der Waals surface area contributed by atoms with Gasteiger partial charge in [-0.3, -0.25) is 4.79 Å². The van der Waals surface area contributed by atoms with Crippen molar-refractivity contribution in [3.8, 4) is 0 Å². The molecule has 2 nitrogen and oxygen atoms in total. The fraction of sp³-hybridized carbons (Fsp3) is 0.857. The van der Waals surface area contributed by atoms with Crippen LogP contribution in [-0.4, -0.2) is 18.4 Å². The third-order valence-electron chi connectivity index (χ3n) is 1.80. The van der Waals surface area contributed by atoms with Crippen molar-refractivity contribution in [1.82, 2.24) is 5.32 Å². The minimum absolute atomic E-state index is 0. The minimum atomic E-state index is 0. The fourth-order valence-corrected chi connectivity index (χ4v) is 1.20. The van der Waals surface area contributed by atoms with E-state index in [1.165, 1.54) is 12.8 Å². The zero-order chi connectivity index (χ0) is 6.69. The molecule has 0 spiro atoms. The summed E-state index contributed by atoms with van der Waals surface area (Å²) in [6, 6.07) is 0.166. The van der Waals surface area contributed by atoms with Crippen LogP contribution in [0, 0.1) is 0 Å². The van der Waals surface area contributed by atoms with Gasteiger partial charge in [0.15, 0.2) is 0 Å². The molecule has 1 heterocycles. The second-order valence-electron chi connectivity index (χ2n) is 2.61. The molecule has 1 aliphatic heterocycles. The first kappa shape index (κ1) is 6.75. The van der Waals surface area contributed by atoms with Crippen LogP contribution in [0.15, 0.2) is 0 Å². The first-order chi connectivity index (χ1) is 4.30. The summed E-state index contributed by atoms with van der Waals surface area (Å²) in [7, 11) is 0. The monoisotopic (exact) mass is 129 g/mol. The summed E-state index contributed by atoms with van der Waals surface area (Å²) in [5.74, 6) is 0.287. The number of Topliss-reactive ketones (excluding diaryl/α,β-unsaturated/α-hetero) is 1. The Morgan fingerprint density at radius 1 is 1.67 bits per heavy atom. The highest BCUT2D eigenvalue weighted by Crippen LogP contribution is 2.06. The van der Waals surface area contributed by atoms with E-state index in [1.54, 1.807) is 6.92 Å². The lowest BCUT2D eigenvalue weighted by molar-refractivity contribution is -0.119. The Morgan fingerprint density at radius 3 is 2.78 bits per heavy atom. The number of piperidine rings is 1. The highest BCUT2D eigenvalue weighted by Gasteiger charge is 2.15. The normalized spacial score (nSPS) is 27.9. The molecule has 1 unspecified atom stereocenters. The Balaban J connectivity index is 0.000000810. The van der Waals surface area contributed by atoms with Crippen LogP contribution in [0.5, 0.6) is 0 Å². The van der Waals surface area contributed by atoms with Gasteiger partial charge in [0.25, 0.3) is 0 Å². The molecule has 0 aromatic carbocycles. The standard InChI is InChI=1S/C7H13NO.H2/c1-6(9)7-4-2-3-5-8-7;/h7-8H,2-5H2,1H3;1H. The van der Waals surface area contributed by atoms with Crippen LogP contribution in [-0.2, 0) is 4.79 Å². The van der Waals surface area contributed by atoms with E-state index in [4.69, 9.17) is 0 Å². The number of hydrogen-bond donors (Lipinski definition) is 1. The minimum Gasteiger partial charge on any atom is -0.307 e. The highest BCUT2D eigenvalue weighted by molar-refractivity contribution is 5.81. The van der Waals surface area contributed by atoms with Gasteiger partial charge in [-0.1, -0.05) is 6.42 Å². The Hall–Kier alpha value is -0.370. The van der Waals surface area contributed by atoms with Crippen molar-refractivity contribution in [2.45, 2.75) is 32.2 Å². The van der Waals surface area contributed by atoms with Gasteiger partial charge in [0.1, 0.15) is 5.78 Å². The van der Waals surface area contributed by atoms with Gasteiger partial charge in [0.2, 0.25) is 0 Å². The smallest absolute Gasteiger partial charge is 0.146 e. The Kier molecular flexibility index (Phi) is 2.22. The molecule has 1 fully saturated rings.